The number of rotatable bonds is 7. The van der Waals surface area contributed by atoms with Gasteiger partial charge in [-0.1, -0.05) is 6.07 Å². The Labute approximate surface area is 114 Å². The number of hydrogen-bond donors (Lipinski definition) is 2. The molecule has 0 saturated heterocycles. The molecule has 1 aromatic rings. The molecule has 8 heteroatoms. The number of ether oxygens (including phenoxy) is 1. The SMILES string of the molecule is CC(OCCNC(=O)c1cccc([N+](=O)[O-])c1)C(=O)O. The molecule has 1 rings (SSSR count). The molecule has 0 aromatic heterocycles. The van der Waals surface area contributed by atoms with E-state index in [1.807, 2.05) is 0 Å². The van der Waals surface area contributed by atoms with Gasteiger partial charge in [-0.2, -0.15) is 0 Å². The number of carbonyl (C=O) groups is 2. The van der Waals surface area contributed by atoms with Gasteiger partial charge in [0.05, 0.1) is 11.5 Å². The van der Waals surface area contributed by atoms with Crippen molar-refractivity contribution in [2.75, 3.05) is 13.2 Å². The van der Waals surface area contributed by atoms with Crippen LogP contribution in [0.4, 0.5) is 5.69 Å². The van der Waals surface area contributed by atoms with Crippen molar-refractivity contribution in [3.63, 3.8) is 0 Å². The van der Waals surface area contributed by atoms with Crippen molar-refractivity contribution in [1.82, 2.24) is 5.32 Å². The predicted octanol–water partition coefficient (Wildman–Crippen LogP) is 0.814. The lowest BCUT2D eigenvalue weighted by atomic mass is 10.2. The molecule has 0 aliphatic rings. The van der Waals surface area contributed by atoms with Crippen molar-refractivity contribution in [2.24, 2.45) is 0 Å². The summed E-state index contributed by atoms with van der Waals surface area (Å²) >= 11 is 0. The minimum absolute atomic E-state index is 0.0358. The molecule has 0 radical (unpaired) electrons. The molecule has 0 fully saturated rings. The maximum atomic E-state index is 11.7. The van der Waals surface area contributed by atoms with Gasteiger partial charge in [0.25, 0.3) is 11.6 Å². The zero-order valence-corrected chi connectivity index (χ0v) is 10.7. The van der Waals surface area contributed by atoms with Crippen molar-refractivity contribution >= 4 is 17.6 Å². The van der Waals surface area contributed by atoms with E-state index >= 15 is 0 Å². The quantitative estimate of drug-likeness (QED) is 0.434. The summed E-state index contributed by atoms with van der Waals surface area (Å²) in [5.41, 5.74) is -0.0149. The average Bonchev–Trinajstić information content (AvgIpc) is 2.43. The summed E-state index contributed by atoms with van der Waals surface area (Å²) in [5.74, 6) is -1.57. The summed E-state index contributed by atoms with van der Waals surface area (Å²) in [6, 6.07) is 5.31. The van der Waals surface area contributed by atoms with Gasteiger partial charge in [-0.05, 0) is 13.0 Å². The summed E-state index contributed by atoms with van der Waals surface area (Å²) in [4.78, 5) is 32.2. The molecule has 0 saturated carbocycles. The Balaban J connectivity index is 2.45. The van der Waals surface area contributed by atoms with Crippen molar-refractivity contribution in [1.29, 1.82) is 0 Å². The first-order chi connectivity index (χ1) is 9.41. The molecule has 1 atom stereocenters. The molecular weight excluding hydrogens is 268 g/mol. The normalized spacial score (nSPS) is 11.7. The van der Waals surface area contributed by atoms with Crippen LogP contribution in [0.3, 0.4) is 0 Å². The van der Waals surface area contributed by atoms with Crippen LogP contribution < -0.4 is 5.32 Å². The summed E-state index contributed by atoms with van der Waals surface area (Å²) in [7, 11) is 0. The lowest BCUT2D eigenvalue weighted by Gasteiger charge is -2.09. The molecule has 0 bridgehead atoms. The van der Waals surface area contributed by atoms with Gasteiger partial charge in [0.2, 0.25) is 0 Å². The Morgan fingerprint density at radius 2 is 2.20 bits per heavy atom. The van der Waals surface area contributed by atoms with Crippen molar-refractivity contribution in [3.05, 3.63) is 39.9 Å². The number of carbonyl (C=O) groups excluding carboxylic acids is 1. The van der Waals surface area contributed by atoms with E-state index in [1.165, 1.54) is 25.1 Å². The van der Waals surface area contributed by atoms with E-state index in [2.05, 4.69) is 5.32 Å². The van der Waals surface area contributed by atoms with Crippen LogP contribution in [-0.2, 0) is 9.53 Å². The van der Waals surface area contributed by atoms with Crippen LogP contribution in [-0.4, -0.2) is 41.2 Å². The largest absolute Gasteiger partial charge is 0.479 e. The molecule has 1 aromatic carbocycles. The number of carboxylic acid groups (broad SMARTS) is 1. The highest BCUT2D eigenvalue weighted by atomic mass is 16.6. The van der Waals surface area contributed by atoms with E-state index in [0.717, 1.165) is 6.07 Å². The Morgan fingerprint density at radius 3 is 2.80 bits per heavy atom. The summed E-state index contributed by atoms with van der Waals surface area (Å²) < 4.78 is 4.93. The zero-order valence-electron chi connectivity index (χ0n) is 10.7. The molecule has 1 amide bonds. The van der Waals surface area contributed by atoms with Gasteiger partial charge >= 0.3 is 5.97 Å². The molecular formula is C12H14N2O6. The van der Waals surface area contributed by atoms with Gasteiger partial charge in [0.15, 0.2) is 6.10 Å². The fourth-order valence-corrected chi connectivity index (χ4v) is 1.33. The van der Waals surface area contributed by atoms with E-state index in [1.54, 1.807) is 0 Å². The fourth-order valence-electron chi connectivity index (χ4n) is 1.33. The molecule has 108 valence electrons. The average molecular weight is 282 g/mol. The number of hydrogen-bond acceptors (Lipinski definition) is 5. The predicted molar refractivity (Wildman–Crippen MR) is 68.5 cm³/mol. The summed E-state index contributed by atoms with van der Waals surface area (Å²) in [6.07, 6.45) is -0.954. The number of benzene rings is 1. The Kier molecular flexibility index (Phi) is 5.60. The van der Waals surface area contributed by atoms with Crippen LogP contribution in [0, 0.1) is 10.1 Å². The van der Waals surface area contributed by atoms with Crippen LogP contribution in [0.1, 0.15) is 17.3 Å². The summed E-state index contributed by atoms with van der Waals surface area (Å²) in [6.45, 7) is 1.53. The minimum atomic E-state index is -1.09. The molecule has 0 aliphatic carbocycles. The van der Waals surface area contributed by atoms with Crippen LogP contribution in [0.25, 0.3) is 0 Å². The van der Waals surface area contributed by atoms with E-state index in [4.69, 9.17) is 9.84 Å². The number of nitro groups is 1. The topological polar surface area (TPSA) is 119 Å². The molecule has 0 aliphatic heterocycles. The molecule has 20 heavy (non-hydrogen) atoms. The van der Waals surface area contributed by atoms with Crippen LogP contribution in [0.2, 0.25) is 0 Å². The van der Waals surface area contributed by atoms with Crippen molar-refractivity contribution in [3.8, 4) is 0 Å². The Bertz CT molecular complexity index is 516. The standard InChI is InChI=1S/C12H14N2O6/c1-8(12(16)17)20-6-5-13-11(15)9-3-2-4-10(7-9)14(18)19/h2-4,7-8H,5-6H2,1H3,(H,13,15)(H,16,17). The summed E-state index contributed by atoms with van der Waals surface area (Å²) in [5, 5.41) is 21.6. The molecule has 0 spiro atoms. The number of carboxylic acids is 1. The monoisotopic (exact) mass is 282 g/mol. The van der Waals surface area contributed by atoms with Gasteiger partial charge in [-0.25, -0.2) is 4.79 Å². The number of amides is 1. The van der Waals surface area contributed by atoms with Crippen LogP contribution in [0.5, 0.6) is 0 Å². The Morgan fingerprint density at radius 1 is 1.50 bits per heavy atom. The second-order valence-electron chi connectivity index (χ2n) is 3.91. The number of nitro benzene ring substituents is 1. The van der Waals surface area contributed by atoms with Gasteiger partial charge in [-0.15, -0.1) is 0 Å². The molecule has 0 heterocycles. The Hall–Kier alpha value is -2.48. The van der Waals surface area contributed by atoms with Gasteiger partial charge in [0, 0.05) is 24.2 Å². The van der Waals surface area contributed by atoms with Crippen LogP contribution >= 0.6 is 0 Å². The second-order valence-corrected chi connectivity index (χ2v) is 3.91. The molecule has 8 nitrogen and oxygen atoms in total. The van der Waals surface area contributed by atoms with E-state index < -0.39 is 22.9 Å². The lowest BCUT2D eigenvalue weighted by Crippen LogP contribution is -2.30. The van der Waals surface area contributed by atoms with E-state index in [9.17, 15) is 19.7 Å². The van der Waals surface area contributed by atoms with Gasteiger partial charge in [-0.3, -0.25) is 14.9 Å². The van der Waals surface area contributed by atoms with E-state index in [-0.39, 0.29) is 24.4 Å². The fraction of sp³-hybridized carbons (Fsp3) is 0.333. The molecule has 1 unspecified atom stereocenters. The van der Waals surface area contributed by atoms with Gasteiger partial charge < -0.3 is 15.2 Å². The third-order valence-electron chi connectivity index (χ3n) is 2.42. The maximum Gasteiger partial charge on any atom is 0.332 e. The van der Waals surface area contributed by atoms with Gasteiger partial charge in [0.1, 0.15) is 0 Å². The zero-order chi connectivity index (χ0) is 15.1. The first-order valence-corrected chi connectivity index (χ1v) is 5.79. The number of aliphatic carboxylic acids is 1. The number of nitrogens with one attached hydrogen (secondary N) is 1. The van der Waals surface area contributed by atoms with Crippen LogP contribution in [0.15, 0.2) is 24.3 Å². The van der Waals surface area contributed by atoms with Crippen molar-refractivity contribution in [2.45, 2.75) is 13.0 Å². The molecule has 2 N–H and O–H groups in total. The first-order valence-electron chi connectivity index (χ1n) is 5.79. The third kappa shape index (κ3) is 4.65. The maximum absolute atomic E-state index is 11.7. The van der Waals surface area contributed by atoms with E-state index in [0.29, 0.717) is 0 Å². The first kappa shape index (κ1) is 15.6. The smallest absolute Gasteiger partial charge is 0.332 e. The highest BCUT2D eigenvalue weighted by Crippen LogP contribution is 2.12. The van der Waals surface area contributed by atoms with Crippen molar-refractivity contribution < 1.29 is 24.4 Å². The number of nitrogens with zero attached hydrogens (tertiary/aromatic N) is 1. The lowest BCUT2D eigenvalue weighted by molar-refractivity contribution is -0.384. The highest BCUT2D eigenvalue weighted by Gasteiger charge is 2.12. The third-order valence-corrected chi connectivity index (χ3v) is 2.42. The number of non-ortho nitro benzene ring substituents is 1. The second kappa shape index (κ2) is 7.19. The minimum Gasteiger partial charge on any atom is -0.479 e. The highest BCUT2D eigenvalue weighted by molar-refractivity contribution is 5.94.